The van der Waals surface area contributed by atoms with Gasteiger partial charge in [0.25, 0.3) is 5.91 Å². The van der Waals surface area contributed by atoms with Crippen LogP contribution in [0.2, 0.25) is 0 Å². The molecule has 1 unspecified atom stereocenters. The molecule has 1 amide bonds. The van der Waals surface area contributed by atoms with Crippen LogP contribution < -0.4 is 10.1 Å². The van der Waals surface area contributed by atoms with Crippen molar-refractivity contribution >= 4 is 17.6 Å². The van der Waals surface area contributed by atoms with E-state index in [1.54, 1.807) is 31.2 Å². The molecule has 1 atom stereocenters. The molecule has 1 aliphatic heterocycles. The van der Waals surface area contributed by atoms with Gasteiger partial charge in [0.05, 0.1) is 12.2 Å². The Morgan fingerprint density at radius 3 is 2.61 bits per heavy atom. The molecule has 1 N–H and O–H groups in total. The zero-order chi connectivity index (χ0) is 16.2. The van der Waals surface area contributed by atoms with Crippen molar-refractivity contribution in [1.82, 2.24) is 0 Å². The van der Waals surface area contributed by atoms with Crippen molar-refractivity contribution in [3.63, 3.8) is 0 Å². The first-order chi connectivity index (χ1) is 11.2. The van der Waals surface area contributed by atoms with Crippen LogP contribution in [0, 0.1) is 0 Å². The summed E-state index contributed by atoms with van der Waals surface area (Å²) < 4.78 is 10.6. The van der Waals surface area contributed by atoms with Crippen molar-refractivity contribution in [2.24, 2.45) is 0 Å². The Kier molecular flexibility index (Phi) is 4.28. The van der Waals surface area contributed by atoms with E-state index in [0.717, 1.165) is 11.3 Å². The topological polar surface area (TPSA) is 64.6 Å². The molecule has 0 radical (unpaired) electrons. The number of esters is 1. The molecule has 0 fully saturated rings. The minimum atomic E-state index is -0.530. The third-order valence-electron chi connectivity index (χ3n) is 3.60. The summed E-state index contributed by atoms with van der Waals surface area (Å²) in [6.07, 6.45) is 0.0280. The Labute approximate surface area is 134 Å². The van der Waals surface area contributed by atoms with Gasteiger partial charge in [-0.05, 0) is 42.8 Å². The Bertz CT molecular complexity index is 699. The van der Waals surface area contributed by atoms with Crippen LogP contribution in [0.3, 0.4) is 0 Å². The van der Waals surface area contributed by atoms with Crippen molar-refractivity contribution in [3.05, 3.63) is 59.7 Å². The summed E-state index contributed by atoms with van der Waals surface area (Å²) in [5.41, 5.74) is 2.10. The van der Waals surface area contributed by atoms with Gasteiger partial charge >= 0.3 is 5.97 Å². The average molecular weight is 311 g/mol. The van der Waals surface area contributed by atoms with Gasteiger partial charge in [0.15, 0.2) is 6.10 Å². The first kappa shape index (κ1) is 15.1. The number of para-hydroxylation sites is 1. The molecule has 1 aliphatic rings. The lowest BCUT2D eigenvalue weighted by Gasteiger charge is -2.11. The van der Waals surface area contributed by atoms with Crippen molar-refractivity contribution in [3.8, 4) is 5.75 Å². The predicted octanol–water partition coefficient (Wildman–Crippen LogP) is 2.81. The minimum absolute atomic E-state index is 0.204. The van der Waals surface area contributed by atoms with Crippen molar-refractivity contribution in [2.45, 2.75) is 19.4 Å². The number of hydrogen-bond acceptors (Lipinski definition) is 4. The van der Waals surface area contributed by atoms with E-state index in [4.69, 9.17) is 9.47 Å². The molecule has 0 aliphatic carbocycles. The highest BCUT2D eigenvalue weighted by Gasteiger charge is 2.28. The molecular formula is C18H17NO4. The van der Waals surface area contributed by atoms with Gasteiger partial charge in [0.2, 0.25) is 0 Å². The molecule has 2 aromatic rings. The molecule has 1 heterocycles. The molecule has 0 saturated heterocycles. The number of carbonyl (C=O) groups is 2. The molecule has 0 aromatic heterocycles. The number of amides is 1. The van der Waals surface area contributed by atoms with E-state index in [-0.39, 0.29) is 11.9 Å². The maximum atomic E-state index is 12.3. The number of nitrogens with one attached hydrogen (secondary N) is 1. The number of carbonyl (C=O) groups excluding carboxylic acids is 2. The number of hydrogen-bond donors (Lipinski definition) is 1. The fraction of sp³-hybridized carbons (Fsp3) is 0.222. The van der Waals surface area contributed by atoms with E-state index >= 15 is 0 Å². The number of fused-ring (bicyclic) bond motifs is 1. The molecular weight excluding hydrogens is 294 g/mol. The number of rotatable bonds is 4. The van der Waals surface area contributed by atoms with Crippen molar-refractivity contribution in [1.29, 1.82) is 0 Å². The van der Waals surface area contributed by atoms with Gasteiger partial charge in [-0.1, -0.05) is 18.2 Å². The van der Waals surface area contributed by atoms with E-state index < -0.39 is 6.10 Å². The second-order valence-corrected chi connectivity index (χ2v) is 5.21. The summed E-state index contributed by atoms with van der Waals surface area (Å²) in [6.45, 7) is 2.09. The van der Waals surface area contributed by atoms with Crippen LogP contribution in [0.25, 0.3) is 0 Å². The SMILES string of the molecule is CCOC(=O)c1ccc(NC(=O)C2Cc3ccccc3O2)cc1. The zero-order valence-corrected chi connectivity index (χ0v) is 12.7. The second kappa shape index (κ2) is 6.52. The minimum Gasteiger partial charge on any atom is -0.480 e. The maximum absolute atomic E-state index is 12.3. The van der Waals surface area contributed by atoms with E-state index in [9.17, 15) is 9.59 Å². The quantitative estimate of drug-likeness (QED) is 0.882. The van der Waals surface area contributed by atoms with Gasteiger partial charge in [0.1, 0.15) is 5.75 Å². The maximum Gasteiger partial charge on any atom is 0.338 e. The normalized spacial score (nSPS) is 15.4. The van der Waals surface area contributed by atoms with Crippen molar-refractivity contribution in [2.75, 3.05) is 11.9 Å². The molecule has 23 heavy (non-hydrogen) atoms. The third-order valence-corrected chi connectivity index (χ3v) is 3.60. The average Bonchev–Trinajstić information content (AvgIpc) is 3.00. The standard InChI is InChI=1S/C18H17NO4/c1-2-22-18(21)12-7-9-14(10-8-12)19-17(20)16-11-13-5-3-4-6-15(13)23-16/h3-10,16H,2,11H2,1H3,(H,19,20). The van der Waals surface area contributed by atoms with Crippen LogP contribution in [-0.2, 0) is 16.0 Å². The lowest BCUT2D eigenvalue weighted by Crippen LogP contribution is -2.31. The summed E-state index contributed by atoms with van der Waals surface area (Å²) in [7, 11) is 0. The van der Waals surface area contributed by atoms with Gasteiger partial charge in [-0.15, -0.1) is 0 Å². The first-order valence-corrected chi connectivity index (χ1v) is 7.50. The Balaban J connectivity index is 1.62. The predicted molar refractivity (Wildman–Crippen MR) is 85.6 cm³/mol. The molecule has 0 spiro atoms. The number of ether oxygens (including phenoxy) is 2. The van der Waals surface area contributed by atoms with Crippen LogP contribution in [0.4, 0.5) is 5.69 Å². The van der Waals surface area contributed by atoms with Crippen LogP contribution in [0.1, 0.15) is 22.8 Å². The summed E-state index contributed by atoms with van der Waals surface area (Å²) in [5.74, 6) is 0.176. The highest BCUT2D eigenvalue weighted by molar-refractivity contribution is 5.96. The largest absolute Gasteiger partial charge is 0.480 e. The number of benzene rings is 2. The van der Waals surface area contributed by atoms with Crippen LogP contribution >= 0.6 is 0 Å². The van der Waals surface area contributed by atoms with Crippen LogP contribution in [-0.4, -0.2) is 24.6 Å². The molecule has 2 aromatic carbocycles. The molecule has 0 bridgehead atoms. The van der Waals surface area contributed by atoms with Crippen LogP contribution in [0.15, 0.2) is 48.5 Å². The fourth-order valence-electron chi connectivity index (χ4n) is 2.46. The zero-order valence-electron chi connectivity index (χ0n) is 12.7. The molecule has 5 heteroatoms. The molecule has 118 valence electrons. The van der Waals surface area contributed by atoms with Gasteiger partial charge < -0.3 is 14.8 Å². The first-order valence-electron chi connectivity index (χ1n) is 7.50. The number of anilines is 1. The lowest BCUT2D eigenvalue weighted by molar-refractivity contribution is -0.122. The van der Waals surface area contributed by atoms with E-state index in [0.29, 0.717) is 24.3 Å². The van der Waals surface area contributed by atoms with E-state index in [1.807, 2.05) is 24.3 Å². The lowest BCUT2D eigenvalue weighted by atomic mass is 10.1. The smallest absolute Gasteiger partial charge is 0.338 e. The summed E-state index contributed by atoms with van der Waals surface area (Å²) in [5, 5.41) is 2.80. The summed E-state index contributed by atoms with van der Waals surface area (Å²) >= 11 is 0. The highest BCUT2D eigenvalue weighted by Crippen LogP contribution is 2.28. The monoisotopic (exact) mass is 311 g/mol. The Morgan fingerprint density at radius 1 is 1.17 bits per heavy atom. The van der Waals surface area contributed by atoms with E-state index in [2.05, 4.69) is 5.32 Å². The van der Waals surface area contributed by atoms with Gasteiger partial charge in [-0.2, -0.15) is 0 Å². The molecule has 5 nitrogen and oxygen atoms in total. The Morgan fingerprint density at radius 2 is 1.91 bits per heavy atom. The van der Waals surface area contributed by atoms with Crippen molar-refractivity contribution < 1.29 is 19.1 Å². The van der Waals surface area contributed by atoms with Gasteiger partial charge in [-0.3, -0.25) is 4.79 Å². The van der Waals surface area contributed by atoms with Gasteiger partial charge in [-0.25, -0.2) is 4.79 Å². The summed E-state index contributed by atoms with van der Waals surface area (Å²) in [6, 6.07) is 14.2. The second-order valence-electron chi connectivity index (χ2n) is 5.21. The Hall–Kier alpha value is -2.82. The fourth-order valence-corrected chi connectivity index (χ4v) is 2.46. The third kappa shape index (κ3) is 3.34. The molecule has 0 saturated carbocycles. The van der Waals surface area contributed by atoms with Gasteiger partial charge in [0, 0.05) is 12.1 Å². The highest BCUT2D eigenvalue weighted by atomic mass is 16.5. The summed E-state index contributed by atoms with van der Waals surface area (Å²) in [4.78, 5) is 23.9. The molecule has 3 rings (SSSR count). The van der Waals surface area contributed by atoms with E-state index in [1.165, 1.54) is 0 Å². The van der Waals surface area contributed by atoms with Crippen LogP contribution in [0.5, 0.6) is 5.75 Å².